The van der Waals surface area contributed by atoms with Crippen LogP contribution in [0, 0.1) is 0 Å². The highest BCUT2D eigenvalue weighted by Gasteiger charge is 2.04. The number of hydrogen-bond donors (Lipinski definition) is 1. The second-order valence-corrected chi connectivity index (χ2v) is 3.21. The molecule has 4 heteroatoms. The number of imidazole rings is 1. The number of hydrogen-bond acceptors (Lipinski definition) is 3. The summed E-state index contributed by atoms with van der Waals surface area (Å²) in [5, 5.41) is 0. The summed E-state index contributed by atoms with van der Waals surface area (Å²) in [5.41, 5.74) is 1.85. The Morgan fingerprint density at radius 1 is 1.35 bits per heavy atom. The average molecular weight is 234 g/mol. The number of aromatic amines is 1. The summed E-state index contributed by atoms with van der Waals surface area (Å²) in [7, 11) is 0. The van der Waals surface area contributed by atoms with Gasteiger partial charge in [0.1, 0.15) is 12.4 Å². The minimum atomic E-state index is -0.213. The van der Waals surface area contributed by atoms with Crippen molar-refractivity contribution in [1.82, 2.24) is 9.97 Å². The van der Waals surface area contributed by atoms with E-state index in [1.807, 2.05) is 38.1 Å². The summed E-state index contributed by atoms with van der Waals surface area (Å²) in [6, 6.07) is 7.71. The van der Waals surface area contributed by atoms with E-state index in [0.29, 0.717) is 12.2 Å². The van der Waals surface area contributed by atoms with Gasteiger partial charge in [-0.2, -0.15) is 0 Å². The molecule has 4 nitrogen and oxygen atoms in total. The van der Waals surface area contributed by atoms with Crippen molar-refractivity contribution in [1.29, 1.82) is 0 Å². The fourth-order valence-corrected chi connectivity index (χ4v) is 1.32. The normalized spacial score (nSPS) is 9.59. The number of fused-ring (bicyclic) bond motifs is 1. The molecule has 0 atom stereocenters. The minimum Gasteiger partial charge on any atom is -0.458 e. The number of H-pyrrole nitrogens is 1. The molecule has 0 radical (unpaired) electrons. The Morgan fingerprint density at radius 2 is 2.06 bits per heavy atom. The first-order valence-corrected chi connectivity index (χ1v) is 5.89. The van der Waals surface area contributed by atoms with E-state index >= 15 is 0 Å². The molecule has 0 aliphatic carbocycles. The molecule has 1 N–H and O–H groups in total. The highest BCUT2D eigenvalue weighted by Crippen LogP contribution is 2.10. The van der Waals surface area contributed by atoms with Gasteiger partial charge in [0.25, 0.3) is 0 Å². The van der Waals surface area contributed by atoms with E-state index in [0.717, 1.165) is 11.0 Å². The van der Waals surface area contributed by atoms with Gasteiger partial charge in [-0.05, 0) is 12.1 Å². The zero-order valence-corrected chi connectivity index (χ0v) is 10.5. The number of esters is 1. The largest absolute Gasteiger partial charge is 0.458 e. The second-order valence-electron chi connectivity index (χ2n) is 3.21. The molecule has 0 aliphatic heterocycles. The lowest BCUT2D eigenvalue weighted by atomic mass is 10.3. The molecule has 0 fully saturated rings. The Hall–Kier alpha value is -1.84. The number of ether oxygens (including phenoxy) is 1. The smallest absolute Gasteiger partial charge is 0.305 e. The van der Waals surface area contributed by atoms with E-state index in [4.69, 9.17) is 4.74 Å². The highest BCUT2D eigenvalue weighted by atomic mass is 16.5. The molecular weight excluding hydrogens is 216 g/mol. The lowest BCUT2D eigenvalue weighted by Crippen LogP contribution is -2.03. The van der Waals surface area contributed by atoms with Gasteiger partial charge in [0, 0.05) is 6.42 Å². The molecule has 0 bridgehead atoms. The van der Waals surface area contributed by atoms with Crippen molar-refractivity contribution in [2.24, 2.45) is 0 Å². The third-order valence-electron chi connectivity index (χ3n) is 2.10. The topological polar surface area (TPSA) is 55.0 Å². The first-order valence-electron chi connectivity index (χ1n) is 5.89. The maximum Gasteiger partial charge on any atom is 0.305 e. The van der Waals surface area contributed by atoms with Crippen molar-refractivity contribution in [2.45, 2.75) is 33.8 Å². The summed E-state index contributed by atoms with van der Waals surface area (Å²) in [5.74, 6) is 0.466. The summed E-state index contributed by atoms with van der Waals surface area (Å²) in [6.45, 7) is 5.97. The van der Waals surface area contributed by atoms with Gasteiger partial charge in [-0.1, -0.05) is 32.9 Å². The third-order valence-corrected chi connectivity index (χ3v) is 2.10. The summed E-state index contributed by atoms with van der Waals surface area (Å²) in [4.78, 5) is 18.3. The number of para-hydroxylation sites is 2. The quantitative estimate of drug-likeness (QED) is 0.830. The van der Waals surface area contributed by atoms with Gasteiger partial charge >= 0.3 is 5.97 Å². The fourth-order valence-electron chi connectivity index (χ4n) is 1.32. The van der Waals surface area contributed by atoms with Crippen LogP contribution in [-0.4, -0.2) is 15.9 Å². The van der Waals surface area contributed by atoms with Crippen LogP contribution < -0.4 is 0 Å². The number of carbonyl (C=O) groups is 1. The van der Waals surface area contributed by atoms with Crippen molar-refractivity contribution in [3.8, 4) is 0 Å². The molecule has 0 unspecified atom stereocenters. The SMILES string of the molecule is CC.CCC(=O)OCc1nc2ccccc2[nH]1. The molecule has 2 aromatic rings. The van der Waals surface area contributed by atoms with Gasteiger partial charge in [0.15, 0.2) is 0 Å². The molecule has 0 amide bonds. The Bertz CT molecular complexity index is 444. The van der Waals surface area contributed by atoms with Crippen LogP contribution in [0.5, 0.6) is 0 Å². The van der Waals surface area contributed by atoms with E-state index in [1.54, 1.807) is 6.92 Å². The molecule has 92 valence electrons. The van der Waals surface area contributed by atoms with Gasteiger partial charge in [0.2, 0.25) is 0 Å². The van der Waals surface area contributed by atoms with Crippen LogP contribution in [0.25, 0.3) is 11.0 Å². The molecule has 0 saturated carbocycles. The van der Waals surface area contributed by atoms with Crippen LogP contribution in [0.15, 0.2) is 24.3 Å². The molecule has 1 heterocycles. The molecule has 2 rings (SSSR count). The zero-order chi connectivity index (χ0) is 12.7. The number of rotatable bonds is 3. The first-order chi connectivity index (χ1) is 8.29. The molecular formula is C13H18N2O2. The van der Waals surface area contributed by atoms with Crippen molar-refractivity contribution < 1.29 is 9.53 Å². The van der Waals surface area contributed by atoms with E-state index in [2.05, 4.69) is 9.97 Å². The monoisotopic (exact) mass is 234 g/mol. The Morgan fingerprint density at radius 3 is 2.71 bits per heavy atom. The average Bonchev–Trinajstić information content (AvgIpc) is 2.81. The maximum absolute atomic E-state index is 10.9. The van der Waals surface area contributed by atoms with Crippen molar-refractivity contribution in [2.75, 3.05) is 0 Å². The van der Waals surface area contributed by atoms with Gasteiger partial charge in [-0.15, -0.1) is 0 Å². The lowest BCUT2D eigenvalue weighted by Gasteiger charge is -1.98. The van der Waals surface area contributed by atoms with Crippen molar-refractivity contribution in [3.63, 3.8) is 0 Å². The third kappa shape index (κ3) is 3.59. The number of aromatic nitrogens is 2. The molecule has 17 heavy (non-hydrogen) atoms. The lowest BCUT2D eigenvalue weighted by molar-refractivity contribution is -0.144. The summed E-state index contributed by atoms with van der Waals surface area (Å²) in [6.07, 6.45) is 0.389. The molecule has 1 aromatic carbocycles. The number of nitrogens with one attached hydrogen (secondary N) is 1. The molecule has 0 aliphatic rings. The standard InChI is InChI=1S/C11H12N2O2.C2H6/c1-2-11(14)15-7-10-12-8-5-3-4-6-9(8)13-10;1-2/h3-6H,2,7H2,1H3,(H,12,13);1-2H3. The van der Waals surface area contributed by atoms with Gasteiger partial charge < -0.3 is 9.72 Å². The molecule has 0 spiro atoms. The zero-order valence-electron chi connectivity index (χ0n) is 10.5. The van der Waals surface area contributed by atoms with Crippen LogP contribution in [0.3, 0.4) is 0 Å². The van der Waals surface area contributed by atoms with Crippen molar-refractivity contribution in [3.05, 3.63) is 30.1 Å². The maximum atomic E-state index is 10.9. The Kier molecular flexibility index (Phi) is 5.20. The van der Waals surface area contributed by atoms with Crippen molar-refractivity contribution >= 4 is 17.0 Å². The van der Waals surface area contributed by atoms with E-state index in [1.165, 1.54) is 0 Å². The predicted octanol–water partition coefficient (Wildman–Crippen LogP) is 3.04. The fraction of sp³-hybridized carbons (Fsp3) is 0.385. The second kappa shape index (κ2) is 6.68. The number of benzene rings is 1. The van der Waals surface area contributed by atoms with Crippen LogP contribution in [0.4, 0.5) is 0 Å². The molecule has 1 aromatic heterocycles. The van der Waals surface area contributed by atoms with Gasteiger partial charge in [-0.3, -0.25) is 4.79 Å². The predicted molar refractivity (Wildman–Crippen MR) is 67.5 cm³/mol. The summed E-state index contributed by atoms with van der Waals surface area (Å²) >= 11 is 0. The number of nitrogens with zero attached hydrogens (tertiary/aromatic N) is 1. The minimum absolute atomic E-state index is 0.210. The number of carbonyl (C=O) groups excluding carboxylic acids is 1. The first kappa shape index (κ1) is 13.2. The van der Waals surface area contributed by atoms with Crippen LogP contribution >= 0.6 is 0 Å². The summed E-state index contributed by atoms with van der Waals surface area (Å²) < 4.78 is 4.97. The van der Waals surface area contributed by atoms with Crippen LogP contribution in [0.2, 0.25) is 0 Å². The van der Waals surface area contributed by atoms with Crippen LogP contribution in [-0.2, 0) is 16.1 Å². The van der Waals surface area contributed by atoms with E-state index in [-0.39, 0.29) is 12.6 Å². The van der Waals surface area contributed by atoms with E-state index in [9.17, 15) is 4.79 Å². The Labute approximate surface area is 101 Å². The van der Waals surface area contributed by atoms with Gasteiger partial charge in [-0.25, -0.2) is 4.98 Å². The Balaban J connectivity index is 0.000000686. The molecule has 0 saturated heterocycles. The van der Waals surface area contributed by atoms with E-state index < -0.39 is 0 Å². The highest BCUT2D eigenvalue weighted by molar-refractivity contribution is 5.74. The van der Waals surface area contributed by atoms with Crippen LogP contribution in [0.1, 0.15) is 33.0 Å². The van der Waals surface area contributed by atoms with Gasteiger partial charge in [0.05, 0.1) is 11.0 Å².